The third-order valence-electron chi connectivity index (χ3n) is 3.65. The summed E-state index contributed by atoms with van der Waals surface area (Å²) in [6, 6.07) is 0.651. The molecule has 0 saturated carbocycles. The van der Waals surface area contributed by atoms with E-state index in [-0.39, 0.29) is 0 Å². The molecule has 102 valence electrons. The molecule has 2 atom stereocenters. The average molecular weight is 242 g/mol. The van der Waals surface area contributed by atoms with Crippen LogP contribution in [0.4, 0.5) is 0 Å². The van der Waals surface area contributed by atoms with Gasteiger partial charge in [-0.15, -0.1) is 0 Å². The maximum absolute atomic E-state index is 5.79. The molecular formula is C14H30N2O. The largest absolute Gasteiger partial charge is 0.377 e. The molecule has 0 radical (unpaired) electrons. The van der Waals surface area contributed by atoms with Crippen molar-refractivity contribution in [3.63, 3.8) is 0 Å². The Hall–Kier alpha value is -0.120. The third kappa shape index (κ3) is 4.94. The van der Waals surface area contributed by atoms with E-state index in [4.69, 9.17) is 4.74 Å². The Balaban J connectivity index is 2.48. The summed E-state index contributed by atoms with van der Waals surface area (Å²) < 4.78 is 5.79. The van der Waals surface area contributed by atoms with Gasteiger partial charge in [-0.05, 0) is 38.8 Å². The Kier molecular flexibility index (Phi) is 7.09. The SMILES string of the molecule is CCNCC(C(C)C)N1CCCC(OCC)C1. The minimum Gasteiger partial charge on any atom is -0.377 e. The van der Waals surface area contributed by atoms with Crippen molar-refractivity contribution in [2.45, 2.75) is 52.7 Å². The highest BCUT2D eigenvalue weighted by Crippen LogP contribution is 2.19. The molecule has 0 aromatic carbocycles. The van der Waals surface area contributed by atoms with Crippen LogP contribution in [0.15, 0.2) is 0 Å². The van der Waals surface area contributed by atoms with Crippen molar-refractivity contribution in [1.29, 1.82) is 0 Å². The molecule has 3 heteroatoms. The topological polar surface area (TPSA) is 24.5 Å². The molecule has 1 rings (SSSR count). The van der Waals surface area contributed by atoms with Crippen LogP contribution in [0.5, 0.6) is 0 Å². The zero-order chi connectivity index (χ0) is 12.7. The van der Waals surface area contributed by atoms with Gasteiger partial charge in [0, 0.05) is 25.7 Å². The number of likely N-dealkylation sites (tertiary alicyclic amines) is 1. The van der Waals surface area contributed by atoms with Crippen molar-refractivity contribution in [2.24, 2.45) is 5.92 Å². The number of ether oxygens (including phenoxy) is 1. The van der Waals surface area contributed by atoms with Gasteiger partial charge in [-0.3, -0.25) is 4.90 Å². The molecule has 1 saturated heterocycles. The second-order valence-corrected chi connectivity index (χ2v) is 5.33. The van der Waals surface area contributed by atoms with Crippen LogP contribution in [0.3, 0.4) is 0 Å². The number of nitrogens with zero attached hydrogens (tertiary/aromatic N) is 1. The zero-order valence-electron chi connectivity index (χ0n) is 12.0. The van der Waals surface area contributed by atoms with Crippen molar-refractivity contribution < 1.29 is 4.74 Å². The monoisotopic (exact) mass is 242 g/mol. The molecule has 2 unspecified atom stereocenters. The summed E-state index contributed by atoms with van der Waals surface area (Å²) in [5, 5.41) is 3.49. The summed E-state index contributed by atoms with van der Waals surface area (Å²) in [7, 11) is 0. The lowest BCUT2D eigenvalue weighted by molar-refractivity contribution is -0.0136. The van der Waals surface area contributed by atoms with E-state index in [1.54, 1.807) is 0 Å². The van der Waals surface area contributed by atoms with E-state index in [9.17, 15) is 0 Å². The first-order valence-corrected chi connectivity index (χ1v) is 7.25. The lowest BCUT2D eigenvalue weighted by Gasteiger charge is -2.40. The molecule has 0 spiro atoms. The third-order valence-corrected chi connectivity index (χ3v) is 3.65. The maximum atomic E-state index is 5.79. The van der Waals surface area contributed by atoms with Crippen LogP contribution in [-0.4, -0.2) is 49.8 Å². The standard InChI is InChI=1S/C14H30N2O/c1-5-15-10-14(12(3)4)16-9-7-8-13(11-16)17-6-2/h12-15H,5-11H2,1-4H3. The van der Waals surface area contributed by atoms with Gasteiger partial charge in [0.25, 0.3) is 0 Å². The fourth-order valence-electron chi connectivity index (χ4n) is 2.72. The molecule has 1 aliphatic rings. The first kappa shape index (κ1) is 14.9. The molecule has 17 heavy (non-hydrogen) atoms. The van der Waals surface area contributed by atoms with E-state index in [0.29, 0.717) is 18.1 Å². The molecule has 1 fully saturated rings. The zero-order valence-corrected chi connectivity index (χ0v) is 12.0. The Morgan fingerprint density at radius 2 is 2.12 bits per heavy atom. The van der Waals surface area contributed by atoms with Gasteiger partial charge >= 0.3 is 0 Å². The summed E-state index contributed by atoms with van der Waals surface area (Å²) in [5.41, 5.74) is 0. The van der Waals surface area contributed by atoms with E-state index in [2.05, 4.69) is 37.9 Å². The molecule has 0 bridgehead atoms. The Bertz CT molecular complexity index is 195. The minimum absolute atomic E-state index is 0.455. The predicted octanol–water partition coefficient (Wildman–Crippen LogP) is 2.12. The van der Waals surface area contributed by atoms with Gasteiger partial charge in [-0.1, -0.05) is 20.8 Å². The Morgan fingerprint density at radius 3 is 2.71 bits per heavy atom. The lowest BCUT2D eigenvalue weighted by atomic mass is 9.98. The molecule has 0 aromatic rings. The van der Waals surface area contributed by atoms with Crippen molar-refractivity contribution in [3.8, 4) is 0 Å². The first-order chi connectivity index (χ1) is 8.19. The smallest absolute Gasteiger partial charge is 0.0702 e. The summed E-state index contributed by atoms with van der Waals surface area (Å²) in [5.74, 6) is 0.703. The molecule has 1 N–H and O–H groups in total. The van der Waals surface area contributed by atoms with Gasteiger partial charge in [0.1, 0.15) is 0 Å². The maximum Gasteiger partial charge on any atom is 0.0702 e. The minimum atomic E-state index is 0.455. The summed E-state index contributed by atoms with van der Waals surface area (Å²) >= 11 is 0. The number of hydrogen-bond acceptors (Lipinski definition) is 3. The average Bonchev–Trinajstić information content (AvgIpc) is 2.30. The normalized spacial score (nSPS) is 24.2. The van der Waals surface area contributed by atoms with E-state index in [1.807, 2.05) is 0 Å². The Morgan fingerprint density at radius 1 is 1.35 bits per heavy atom. The van der Waals surface area contributed by atoms with Crippen LogP contribution in [0.25, 0.3) is 0 Å². The number of piperidine rings is 1. The fraction of sp³-hybridized carbons (Fsp3) is 1.00. The number of hydrogen-bond donors (Lipinski definition) is 1. The predicted molar refractivity (Wildman–Crippen MR) is 73.4 cm³/mol. The lowest BCUT2D eigenvalue weighted by Crippen LogP contribution is -2.51. The van der Waals surface area contributed by atoms with Crippen LogP contribution in [0, 0.1) is 5.92 Å². The highest BCUT2D eigenvalue weighted by molar-refractivity contribution is 4.82. The second kappa shape index (κ2) is 8.06. The van der Waals surface area contributed by atoms with Crippen LogP contribution >= 0.6 is 0 Å². The molecule has 1 heterocycles. The molecule has 0 aliphatic carbocycles. The van der Waals surface area contributed by atoms with Crippen LogP contribution in [0.2, 0.25) is 0 Å². The van der Waals surface area contributed by atoms with Gasteiger partial charge in [0.05, 0.1) is 6.10 Å². The van der Waals surface area contributed by atoms with E-state index < -0.39 is 0 Å². The van der Waals surface area contributed by atoms with Gasteiger partial charge in [0.15, 0.2) is 0 Å². The molecular weight excluding hydrogens is 212 g/mol. The van der Waals surface area contributed by atoms with Gasteiger partial charge in [-0.25, -0.2) is 0 Å². The quantitative estimate of drug-likeness (QED) is 0.740. The van der Waals surface area contributed by atoms with Crippen molar-refractivity contribution >= 4 is 0 Å². The van der Waals surface area contributed by atoms with Crippen molar-refractivity contribution in [1.82, 2.24) is 10.2 Å². The number of nitrogens with one attached hydrogen (secondary N) is 1. The number of likely N-dealkylation sites (N-methyl/N-ethyl adjacent to an activating group) is 1. The molecule has 0 amide bonds. The van der Waals surface area contributed by atoms with Crippen LogP contribution in [-0.2, 0) is 4.74 Å². The van der Waals surface area contributed by atoms with Gasteiger partial charge < -0.3 is 10.1 Å². The number of rotatable bonds is 7. The first-order valence-electron chi connectivity index (χ1n) is 7.25. The summed E-state index contributed by atoms with van der Waals surface area (Å²) in [4.78, 5) is 2.62. The van der Waals surface area contributed by atoms with Crippen LogP contribution in [0.1, 0.15) is 40.5 Å². The highest BCUT2D eigenvalue weighted by Gasteiger charge is 2.27. The van der Waals surface area contributed by atoms with Crippen LogP contribution < -0.4 is 5.32 Å². The molecule has 0 aromatic heterocycles. The van der Waals surface area contributed by atoms with E-state index >= 15 is 0 Å². The van der Waals surface area contributed by atoms with E-state index in [0.717, 1.165) is 26.2 Å². The highest BCUT2D eigenvalue weighted by atomic mass is 16.5. The molecule has 1 aliphatic heterocycles. The molecule has 3 nitrogen and oxygen atoms in total. The van der Waals surface area contributed by atoms with Gasteiger partial charge in [-0.2, -0.15) is 0 Å². The summed E-state index contributed by atoms with van der Waals surface area (Å²) in [6.07, 6.45) is 2.97. The van der Waals surface area contributed by atoms with Crippen molar-refractivity contribution in [2.75, 3.05) is 32.8 Å². The fourth-order valence-corrected chi connectivity index (χ4v) is 2.72. The van der Waals surface area contributed by atoms with E-state index in [1.165, 1.54) is 19.4 Å². The van der Waals surface area contributed by atoms with Gasteiger partial charge in [0.2, 0.25) is 0 Å². The Labute approximate surface area is 107 Å². The summed E-state index contributed by atoms with van der Waals surface area (Å²) in [6.45, 7) is 14.3. The second-order valence-electron chi connectivity index (χ2n) is 5.33. The van der Waals surface area contributed by atoms with Crippen molar-refractivity contribution in [3.05, 3.63) is 0 Å².